The van der Waals surface area contributed by atoms with Crippen LogP contribution in [0.1, 0.15) is 5.56 Å². The van der Waals surface area contributed by atoms with Crippen LogP contribution in [0.3, 0.4) is 0 Å². The van der Waals surface area contributed by atoms with Crippen LogP contribution >= 0.6 is 11.8 Å². The number of phenols is 1. The Morgan fingerprint density at radius 1 is 1.31 bits per heavy atom. The van der Waals surface area contributed by atoms with Gasteiger partial charge in [0.15, 0.2) is 0 Å². The summed E-state index contributed by atoms with van der Waals surface area (Å²) in [6, 6.07) is 3.22. The maximum atomic E-state index is 12.3. The molecule has 5 heteroatoms. The Labute approximate surface area is 77.6 Å². The summed E-state index contributed by atoms with van der Waals surface area (Å²) >= 11 is 1.000. The smallest absolute Gasteiger partial charge is 0.417 e. The minimum absolute atomic E-state index is 0.116. The van der Waals surface area contributed by atoms with Gasteiger partial charge in [-0.2, -0.15) is 13.2 Å². The summed E-state index contributed by atoms with van der Waals surface area (Å²) in [6.07, 6.45) is -2.85. The molecule has 0 atom stereocenters. The van der Waals surface area contributed by atoms with Gasteiger partial charge in [-0.05, 0) is 24.5 Å². The molecule has 0 spiro atoms. The van der Waals surface area contributed by atoms with E-state index >= 15 is 0 Å². The Kier molecular flexibility index (Phi) is 2.75. The van der Waals surface area contributed by atoms with Crippen molar-refractivity contribution in [2.75, 3.05) is 6.26 Å². The summed E-state index contributed by atoms with van der Waals surface area (Å²) in [5, 5.41) is 8.89. The van der Waals surface area contributed by atoms with Crippen LogP contribution in [0.2, 0.25) is 0 Å². The van der Waals surface area contributed by atoms with Crippen LogP contribution in [-0.2, 0) is 6.18 Å². The van der Waals surface area contributed by atoms with E-state index < -0.39 is 11.7 Å². The van der Waals surface area contributed by atoms with Gasteiger partial charge in [0, 0.05) is 4.90 Å². The highest BCUT2D eigenvalue weighted by Crippen LogP contribution is 2.37. The number of halogens is 3. The molecular weight excluding hydrogens is 201 g/mol. The van der Waals surface area contributed by atoms with Gasteiger partial charge in [0.1, 0.15) is 5.75 Å². The first-order valence-electron chi connectivity index (χ1n) is 3.39. The van der Waals surface area contributed by atoms with Crippen LogP contribution in [-0.4, -0.2) is 11.4 Å². The van der Waals surface area contributed by atoms with Crippen molar-refractivity contribution < 1.29 is 18.3 Å². The van der Waals surface area contributed by atoms with Gasteiger partial charge in [-0.1, -0.05) is 0 Å². The Bertz CT molecular complexity index is 309. The molecule has 0 aliphatic carbocycles. The third-order valence-electron chi connectivity index (χ3n) is 1.49. The monoisotopic (exact) mass is 208 g/mol. The van der Waals surface area contributed by atoms with Crippen molar-refractivity contribution in [3.8, 4) is 5.75 Å². The zero-order valence-corrected chi connectivity index (χ0v) is 7.54. The fourth-order valence-electron chi connectivity index (χ4n) is 0.917. The predicted molar refractivity (Wildman–Crippen MR) is 44.9 cm³/mol. The predicted octanol–water partition coefficient (Wildman–Crippen LogP) is 3.13. The van der Waals surface area contributed by atoms with Gasteiger partial charge in [-0.3, -0.25) is 0 Å². The minimum Gasteiger partial charge on any atom is -0.508 e. The van der Waals surface area contributed by atoms with E-state index in [1.165, 1.54) is 12.1 Å². The second-order valence-electron chi connectivity index (χ2n) is 2.38. The van der Waals surface area contributed by atoms with Crippen LogP contribution < -0.4 is 0 Å². The van der Waals surface area contributed by atoms with E-state index in [0.717, 1.165) is 17.8 Å². The number of thioether (sulfide) groups is 1. The fourth-order valence-corrected chi connectivity index (χ4v) is 1.52. The lowest BCUT2D eigenvalue weighted by atomic mass is 10.2. The second kappa shape index (κ2) is 3.49. The summed E-state index contributed by atoms with van der Waals surface area (Å²) in [6.45, 7) is 0. The molecule has 0 saturated carbocycles. The topological polar surface area (TPSA) is 20.2 Å². The molecule has 0 amide bonds. The molecule has 13 heavy (non-hydrogen) atoms. The van der Waals surface area contributed by atoms with Crippen LogP contribution in [0, 0.1) is 0 Å². The molecule has 0 aliphatic rings. The number of aromatic hydroxyl groups is 1. The van der Waals surface area contributed by atoms with E-state index in [1.54, 1.807) is 6.26 Å². The first kappa shape index (κ1) is 10.2. The molecule has 72 valence electrons. The molecule has 0 radical (unpaired) electrons. The summed E-state index contributed by atoms with van der Waals surface area (Å²) in [5.41, 5.74) is -0.792. The van der Waals surface area contributed by atoms with Gasteiger partial charge in [-0.15, -0.1) is 11.8 Å². The average molecular weight is 208 g/mol. The van der Waals surface area contributed by atoms with E-state index in [4.69, 9.17) is 5.11 Å². The maximum absolute atomic E-state index is 12.3. The normalized spacial score (nSPS) is 11.7. The summed E-state index contributed by atoms with van der Waals surface area (Å²) in [7, 11) is 0. The van der Waals surface area contributed by atoms with Gasteiger partial charge >= 0.3 is 6.18 Å². The van der Waals surface area contributed by atoms with Crippen LogP contribution in [0.25, 0.3) is 0 Å². The average Bonchev–Trinajstić information content (AvgIpc) is 2.03. The molecule has 0 bridgehead atoms. The largest absolute Gasteiger partial charge is 0.508 e. The zero-order chi connectivity index (χ0) is 10.1. The third kappa shape index (κ3) is 2.30. The molecule has 0 aliphatic heterocycles. The van der Waals surface area contributed by atoms with Crippen LogP contribution in [0.15, 0.2) is 23.1 Å². The number of hydrogen-bond donors (Lipinski definition) is 1. The number of phenolic OH excluding ortho intramolecular Hbond substituents is 1. The molecule has 0 heterocycles. The molecule has 0 saturated heterocycles. The number of alkyl halides is 3. The van der Waals surface area contributed by atoms with E-state index in [-0.39, 0.29) is 10.6 Å². The van der Waals surface area contributed by atoms with E-state index in [0.29, 0.717) is 0 Å². The van der Waals surface area contributed by atoms with Crippen molar-refractivity contribution >= 4 is 11.8 Å². The van der Waals surface area contributed by atoms with E-state index in [2.05, 4.69) is 0 Å². The maximum Gasteiger partial charge on any atom is 0.417 e. The molecule has 1 N–H and O–H groups in total. The quantitative estimate of drug-likeness (QED) is 0.715. The molecule has 1 nitrogen and oxygen atoms in total. The first-order chi connectivity index (χ1) is 5.95. The van der Waals surface area contributed by atoms with Crippen molar-refractivity contribution in [2.45, 2.75) is 11.1 Å². The minimum atomic E-state index is -4.41. The standard InChI is InChI=1S/C8H7F3OS/c1-13-7-3-2-5(12)4-6(7)8(9,10)11/h2-4,12H,1H3. The molecule has 0 unspecified atom stereocenters. The summed E-state index contributed by atoms with van der Waals surface area (Å²) in [5.74, 6) is -0.370. The third-order valence-corrected chi connectivity index (χ3v) is 2.28. The molecule has 1 aromatic carbocycles. The molecule has 1 rings (SSSR count). The van der Waals surface area contributed by atoms with E-state index in [9.17, 15) is 13.2 Å². The summed E-state index contributed by atoms with van der Waals surface area (Å²) < 4.78 is 36.9. The van der Waals surface area contributed by atoms with Gasteiger partial charge in [-0.25, -0.2) is 0 Å². The van der Waals surface area contributed by atoms with Gasteiger partial charge < -0.3 is 5.11 Å². The summed E-state index contributed by atoms with van der Waals surface area (Å²) in [4.78, 5) is 0.116. The highest BCUT2D eigenvalue weighted by atomic mass is 32.2. The Morgan fingerprint density at radius 3 is 2.38 bits per heavy atom. The van der Waals surface area contributed by atoms with Crippen molar-refractivity contribution in [3.63, 3.8) is 0 Å². The molecule has 0 aromatic heterocycles. The first-order valence-corrected chi connectivity index (χ1v) is 4.62. The zero-order valence-electron chi connectivity index (χ0n) is 6.72. The number of rotatable bonds is 1. The Hall–Kier alpha value is -0.840. The van der Waals surface area contributed by atoms with Gasteiger partial charge in [0.2, 0.25) is 0 Å². The van der Waals surface area contributed by atoms with E-state index in [1.807, 2.05) is 0 Å². The highest BCUT2D eigenvalue weighted by Gasteiger charge is 2.33. The van der Waals surface area contributed by atoms with Crippen molar-refractivity contribution in [2.24, 2.45) is 0 Å². The lowest BCUT2D eigenvalue weighted by Crippen LogP contribution is -2.06. The number of benzene rings is 1. The van der Waals surface area contributed by atoms with Gasteiger partial charge in [0.25, 0.3) is 0 Å². The van der Waals surface area contributed by atoms with Crippen molar-refractivity contribution in [1.82, 2.24) is 0 Å². The lowest BCUT2D eigenvalue weighted by molar-refractivity contribution is -0.139. The fraction of sp³-hybridized carbons (Fsp3) is 0.250. The highest BCUT2D eigenvalue weighted by molar-refractivity contribution is 7.98. The van der Waals surface area contributed by atoms with Gasteiger partial charge in [0.05, 0.1) is 5.56 Å². The lowest BCUT2D eigenvalue weighted by Gasteiger charge is -2.10. The number of hydrogen-bond acceptors (Lipinski definition) is 2. The van der Waals surface area contributed by atoms with Crippen molar-refractivity contribution in [3.05, 3.63) is 23.8 Å². The molecule has 0 fully saturated rings. The second-order valence-corrected chi connectivity index (χ2v) is 3.23. The molecule has 1 aromatic rings. The molecular formula is C8H7F3OS. The SMILES string of the molecule is CSc1ccc(O)cc1C(F)(F)F. The Morgan fingerprint density at radius 2 is 1.92 bits per heavy atom. The van der Waals surface area contributed by atoms with Crippen molar-refractivity contribution in [1.29, 1.82) is 0 Å². The Balaban J connectivity index is 3.24. The van der Waals surface area contributed by atoms with Crippen LogP contribution in [0.5, 0.6) is 5.75 Å². The van der Waals surface area contributed by atoms with Crippen LogP contribution in [0.4, 0.5) is 13.2 Å².